The van der Waals surface area contributed by atoms with Gasteiger partial charge in [0.15, 0.2) is 0 Å². The Bertz CT molecular complexity index is 859. The zero-order valence-corrected chi connectivity index (χ0v) is 14.0. The van der Waals surface area contributed by atoms with Gasteiger partial charge < -0.3 is 9.64 Å². The zero-order chi connectivity index (χ0) is 16.5. The Labute approximate surface area is 141 Å². The van der Waals surface area contributed by atoms with E-state index in [0.717, 1.165) is 36.6 Å². The van der Waals surface area contributed by atoms with E-state index in [1.54, 1.807) is 13.4 Å². The van der Waals surface area contributed by atoms with Crippen LogP contribution in [0.4, 0.5) is 5.82 Å². The first-order chi connectivity index (χ1) is 11.8. The van der Waals surface area contributed by atoms with Gasteiger partial charge in [-0.3, -0.25) is 0 Å². The number of para-hydroxylation sites is 1. The molecule has 3 aromatic rings. The minimum Gasteiger partial charge on any atom is -0.496 e. The Hall–Kier alpha value is -2.63. The van der Waals surface area contributed by atoms with Crippen LogP contribution in [0.25, 0.3) is 5.78 Å². The van der Waals surface area contributed by atoms with E-state index in [-0.39, 0.29) is 0 Å². The first kappa shape index (κ1) is 14.9. The normalized spacial score (nSPS) is 17.6. The molecule has 6 heteroatoms. The molecule has 0 radical (unpaired) electrons. The molecule has 1 atom stereocenters. The highest BCUT2D eigenvalue weighted by molar-refractivity contribution is 5.49. The molecule has 1 saturated heterocycles. The van der Waals surface area contributed by atoms with E-state index < -0.39 is 0 Å². The molecule has 1 unspecified atom stereocenters. The minimum atomic E-state index is 0.426. The summed E-state index contributed by atoms with van der Waals surface area (Å²) in [7, 11) is 1.73. The van der Waals surface area contributed by atoms with Crippen LogP contribution in [-0.2, 0) is 6.42 Å². The van der Waals surface area contributed by atoms with E-state index in [0.29, 0.717) is 11.8 Å². The molecule has 3 heterocycles. The molecule has 0 saturated carbocycles. The van der Waals surface area contributed by atoms with Crippen molar-refractivity contribution < 1.29 is 4.74 Å². The second kappa shape index (κ2) is 6.11. The Balaban J connectivity index is 1.68. The molecule has 6 nitrogen and oxygen atoms in total. The van der Waals surface area contributed by atoms with Gasteiger partial charge in [0.1, 0.15) is 17.9 Å². The van der Waals surface area contributed by atoms with Gasteiger partial charge in [-0.1, -0.05) is 18.2 Å². The second-order valence-corrected chi connectivity index (χ2v) is 6.23. The van der Waals surface area contributed by atoms with Crippen LogP contribution in [0.5, 0.6) is 5.75 Å². The van der Waals surface area contributed by atoms with E-state index >= 15 is 0 Å². The Kier molecular flexibility index (Phi) is 3.80. The molecule has 0 spiro atoms. The summed E-state index contributed by atoms with van der Waals surface area (Å²) < 4.78 is 7.36. The predicted octanol–water partition coefficient (Wildman–Crippen LogP) is 2.65. The smallest absolute Gasteiger partial charge is 0.254 e. The van der Waals surface area contributed by atoms with Crippen molar-refractivity contribution in [3.63, 3.8) is 0 Å². The van der Waals surface area contributed by atoms with Gasteiger partial charge in [-0.15, -0.1) is 0 Å². The van der Waals surface area contributed by atoms with Gasteiger partial charge in [0.25, 0.3) is 5.78 Å². The van der Waals surface area contributed by atoms with Gasteiger partial charge >= 0.3 is 0 Å². The minimum absolute atomic E-state index is 0.426. The van der Waals surface area contributed by atoms with Crippen molar-refractivity contribution in [3.05, 3.63) is 47.9 Å². The maximum atomic E-state index is 5.52. The molecule has 1 aromatic carbocycles. The average Bonchev–Trinajstić information content (AvgIpc) is 3.23. The number of anilines is 1. The molecule has 4 rings (SSSR count). The van der Waals surface area contributed by atoms with E-state index in [1.165, 1.54) is 12.0 Å². The third kappa shape index (κ3) is 2.58. The van der Waals surface area contributed by atoms with Gasteiger partial charge in [0, 0.05) is 24.3 Å². The van der Waals surface area contributed by atoms with Gasteiger partial charge in [0.05, 0.1) is 7.11 Å². The van der Waals surface area contributed by atoms with Crippen LogP contribution in [-0.4, -0.2) is 39.3 Å². The Morgan fingerprint density at radius 1 is 1.29 bits per heavy atom. The quantitative estimate of drug-likeness (QED) is 0.739. The number of aromatic nitrogens is 4. The maximum Gasteiger partial charge on any atom is 0.254 e. The molecule has 24 heavy (non-hydrogen) atoms. The number of benzene rings is 1. The highest BCUT2D eigenvalue weighted by Crippen LogP contribution is 2.30. The first-order valence-corrected chi connectivity index (χ1v) is 8.32. The van der Waals surface area contributed by atoms with Crippen LogP contribution in [0, 0.1) is 6.92 Å². The Morgan fingerprint density at radius 3 is 3.04 bits per heavy atom. The summed E-state index contributed by atoms with van der Waals surface area (Å²) in [5.41, 5.74) is 2.21. The lowest BCUT2D eigenvalue weighted by molar-refractivity contribution is 0.407. The predicted molar refractivity (Wildman–Crippen MR) is 92.6 cm³/mol. The van der Waals surface area contributed by atoms with Gasteiger partial charge in [-0.25, -0.2) is 4.98 Å². The highest BCUT2D eigenvalue weighted by Gasteiger charge is 2.28. The number of ether oxygens (including phenoxy) is 1. The lowest BCUT2D eigenvalue weighted by Gasteiger charge is -2.27. The van der Waals surface area contributed by atoms with Crippen LogP contribution < -0.4 is 9.64 Å². The van der Waals surface area contributed by atoms with Crippen molar-refractivity contribution >= 4 is 11.6 Å². The summed E-state index contributed by atoms with van der Waals surface area (Å²) in [6, 6.07) is 10.8. The fourth-order valence-corrected chi connectivity index (χ4v) is 3.59. The van der Waals surface area contributed by atoms with E-state index in [2.05, 4.69) is 38.2 Å². The van der Waals surface area contributed by atoms with Crippen LogP contribution in [0.3, 0.4) is 0 Å². The second-order valence-electron chi connectivity index (χ2n) is 6.23. The number of rotatable bonds is 4. The van der Waals surface area contributed by atoms with Crippen molar-refractivity contribution in [2.24, 2.45) is 0 Å². The topological polar surface area (TPSA) is 55.5 Å². The lowest BCUT2D eigenvalue weighted by atomic mass is 10.0. The summed E-state index contributed by atoms with van der Waals surface area (Å²) in [5.74, 6) is 2.70. The number of methoxy groups -OCH3 is 1. The molecule has 0 aliphatic carbocycles. The molecule has 0 N–H and O–H groups in total. The largest absolute Gasteiger partial charge is 0.496 e. The fraction of sp³-hybridized carbons (Fsp3) is 0.389. The number of hydrogen-bond acceptors (Lipinski definition) is 5. The van der Waals surface area contributed by atoms with Crippen LogP contribution in [0.15, 0.2) is 36.7 Å². The van der Waals surface area contributed by atoms with Crippen molar-refractivity contribution in [3.8, 4) is 5.75 Å². The molecule has 0 amide bonds. The number of fused-ring (bicyclic) bond motifs is 1. The SMILES string of the molecule is COc1ccccc1CC1CCCN1c1cc(C)nc2ncnn12. The maximum absolute atomic E-state index is 5.52. The summed E-state index contributed by atoms with van der Waals surface area (Å²) >= 11 is 0. The Morgan fingerprint density at radius 2 is 2.17 bits per heavy atom. The van der Waals surface area contributed by atoms with Crippen molar-refractivity contribution in [1.29, 1.82) is 0 Å². The molecule has 124 valence electrons. The standard InChI is InChI=1S/C18H21N5O/c1-13-10-17(23-18(21-13)19-12-20-23)22-9-5-7-15(22)11-14-6-3-4-8-16(14)24-2/h3-4,6,8,10,12,15H,5,7,9,11H2,1-2H3. The lowest BCUT2D eigenvalue weighted by Crippen LogP contribution is -2.33. The molecule has 1 fully saturated rings. The first-order valence-electron chi connectivity index (χ1n) is 8.32. The number of hydrogen-bond donors (Lipinski definition) is 0. The molecule has 2 aromatic heterocycles. The summed E-state index contributed by atoms with van der Waals surface area (Å²) in [6.07, 6.45) is 4.87. The van der Waals surface area contributed by atoms with E-state index in [1.807, 2.05) is 23.6 Å². The molecule has 1 aliphatic heterocycles. The summed E-state index contributed by atoms with van der Waals surface area (Å²) in [4.78, 5) is 11.1. The fourth-order valence-electron chi connectivity index (χ4n) is 3.59. The monoisotopic (exact) mass is 323 g/mol. The van der Waals surface area contributed by atoms with Crippen LogP contribution >= 0.6 is 0 Å². The highest BCUT2D eigenvalue weighted by atomic mass is 16.5. The van der Waals surface area contributed by atoms with Gasteiger partial charge in [0.2, 0.25) is 0 Å². The number of aryl methyl sites for hydroxylation is 1. The van der Waals surface area contributed by atoms with E-state index in [9.17, 15) is 0 Å². The van der Waals surface area contributed by atoms with Crippen LogP contribution in [0.2, 0.25) is 0 Å². The van der Waals surface area contributed by atoms with Crippen molar-refractivity contribution in [1.82, 2.24) is 19.6 Å². The zero-order valence-electron chi connectivity index (χ0n) is 14.0. The molecular weight excluding hydrogens is 302 g/mol. The van der Waals surface area contributed by atoms with Gasteiger partial charge in [-0.2, -0.15) is 14.6 Å². The molecular formula is C18H21N5O. The third-order valence-corrected chi connectivity index (χ3v) is 4.68. The molecule has 0 bridgehead atoms. The average molecular weight is 323 g/mol. The van der Waals surface area contributed by atoms with E-state index in [4.69, 9.17) is 4.74 Å². The molecule has 1 aliphatic rings. The summed E-state index contributed by atoms with van der Waals surface area (Å²) in [5, 5.41) is 4.36. The van der Waals surface area contributed by atoms with Gasteiger partial charge in [-0.05, 0) is 37.8 Å². The number of nitrogens with zero attached hydrogens (tertiary/aromatic N) is 5. The van der Waals surface area contributed by atoms with Crippen molar-refractivity contribution in [2.45, 2.75) is 32.2 Å². The van der Waals surface area contributed by atoms with Crippen molar-refractivity contribution in [2.75, 3.05) is 18.6 Å². The summed E-state index contributed by atoms with van der Waals surface area (Å²) in [6.45, 7) is 3.03. The third-order valence-electron chi connectivity index (χ3n) is 4.68. The van der Waals surface area contributed by atoms with Crippen LogP contribution in [0.1, 0.15) is 24.1 Å².